The van der Waals surface area contributed by atoms with Crippen LogP contribution in [0.1, 0.15) is 12.0 Å². The molecule has 112 valence electrons. The minimum atomic E-state index is -4.60. The monoisotopic (exact) mass is 309 g/mol. The van der Waals surface area contributed by atoms with E-state index in [1.54, 1.807) is 16.9 Å². The number of hydrogen-bond acceptors (Lipinski definition) is 3. The van der Waals surface area contributed by atoms with Gasteiger partial charge in [0, 0.05) is 12.2 Å². The van der Waals surface area contributed by atoms with Gasteiger partial charge in [0.25, 0.3) is 0 Å². The molecular formula is C11H14F3N3O2S. The van der Waals surface area contributed by atoms with Crippen molar-refractivity contribution in [2.45, 2.75) is 19.0 Å². The van der Waals surface area contributed by atoms with Gasteiger partial charge in [-0.25, -0.2) is 0 Å². The maximum atomic E-state index is 12.1. The van der Waals surface area contributed by atoms with Crippen molar-refractivity contribution >= 4 is 21.6 Å². The van der Waals surface area contributed by atoms with Gasteiger partial charge < -0.3 is 5.73 Å². The molecule has 0 spiro atoms. The van der Waals surface area contributed by atoms with E-state index >= 15 is 0 Å². The van der Waals surface area contributed by atoms with Gasteiger partial charge in [-0.05, 0) is 30.5 Å². The van der Waals surface area contributed by atoms with Crippen LogP contribution in [0.15, 0.2) is 18.2 Å². The first kappa shape index (κ1) is 14.9. The van der Waals surface area contributed by atoms with Crippen molar-refractivity contribution in [3.63, 3.8) is 0 Å². The average molecular weight is 309 g/mol. The molecule has 0 saturated carbocycles. The lowest BCUT2D eigenvalue weighted by Gasteiger charge is -2.30. The molecule has 1 aliphatic rings. The molecule has 9 heteroatoms. The number of benzene rings is 1. The number of anilines is 2. The minimum absolute atomic E-state index is 0.129. The van der Waals surface area contributed by atoms with Gasteiger partial charge in [-0.3, -0.25) is 4.31 Å². The quantitative estimate of drug-likeness (QED) is 0.829. The van der Waals surface area contributed by atoms with E-state index < -0.39 is 22.9 Å². The fourth-order valence-electron chi connectivity index (χ4n) is 2.06. The molecule has 0 radical (unpaired) electrons. The van der Waals surface area contributed by atoms with Crippen molar-refractivity contribution in [1.29, 1.82) is 0 Å². The molecule has 5 nitrogen and oxygen atoms in total. The zero-order valence-corrected chi connectivity index (χ0v) is 11.3. The van der Waals surface area contributed by atoms with E-state index in [4.69, 9.17) is 5.73 Å². The predicted octanol–water partition coefficient (Wildman–Crippen LogP) is 1.42. The van der Waals surface area contributed by atoms with Crippen LogP contribution in [0, 0.1) is 0 Å². The summed E-state index contributed by atoms with van der Waals surface area (Å²) in [6, 6.07) is 4.79. The summed E-state index contributed by atoms with van der Waals surface area (Å²) in [6.07, 6.45) is -3.38. The van der Waals surface area contributed by atoms with Gasteiger partial charge in [0.15, 0.2) is 0 Å². The second-order valence-electron chi connectivity index (χ2n) is 4.51. The molecule has 1 heterocycles. The maximum Gasteiger partial charge on any atom is 0.402 e. The second-order valence-corrected chi connectivity index (χ2v) is 6.18. The molecule has 0 bridgehead atoms. The van der Waals surface area contributed by atoms with Crippen molar-refractivity contribution in [3.8, 4) is 0 Å². The zero-order valence-electron chi connectivity index (χ0n) is 10.4. The third kappa shape index (κ3) is 3.34. The molecule has 0 fully saturated rings. The molecule has 0 unspecified atom stereocenters. The Hall–Kier alpha value is -1.48. The van der Waals surface area contributed by atoms with Crippen molar-refractivity contribution in [2.24, 2.45) is 0 Å². The van der Waals surface area contributed by atoms with E-state index in [1.165, 1.54) is 6.07 Å². The van der Waals surface area contributed by atoms with Gasteiger partial charge in [-0.2, -0.15) is 26.3 Å². The summed E-state index contributed by atoms with van der Waals surface area (Å²) in [7, 11) is -4.24. The van der Waals surface area contributed by atoms with Crippen molar-refractivity contribution in [2.75, 3.05) is 23.1 Å². The van der Waals surface area contributed by atoms with Gasteiger partial charge in [-0.1, -0.05) is 6.07 Å². The Morgan fingerprint density at radius 2 is 2.05 bits per heavy atom. The van der Waals surface area contributed by atoms with Crippen LogP contribution < -0.4 is 14.8 Å². The average Bonchev–Trinajstić information content (AvgIpc) is 2.35. The number of nitrogens with one attached hydrogen (secondary N) is 1. The third-order valence-electron chi connectivity index (χ3n) is 2.93. The fraction of sp³-hybridized carbons (Fsp3) is 0.455. The van der Waals surface area contributed by atoms with Crippen molar-refractivity contribution in [3.05, 3.63) is 23.8 Å². The molecule has 2 rings (SSSR count). The predicted molar refractivity (Wildman–Crippen MR) is 69.5 cm³/mol. The number of nitrogens with zero attached hydrogens (tertiary/aromatic N) is 1. The molecule has 0 aliphatic carbocycles. The van der Waals surface area contributed by atoms with Gasteiger partial charge in [0.05, 0.1) is 5.69 Å². The molecule has 0 aromatic heterocycles. The van der Waals surface area contributed by atoms with E-state index in [2.05, 4.69) is 0 Å². The van der Waals surface area contributed by atoms with Crippen LogP contribution in [0.3, 0.4) is 0 Å². The molecular weight excluding hydrogens is 295 g/mol. The highest BCUT2D eigenvalue weighted by Crippen LogP contribution is 2.30. The summed E-state index contributed by atoms with van der Waals surface area (Å²) in [5, 5.41) is 0. The standard InChI is InChI=1S/C11H14F3N3O2S/c12-11(13,14)7-16-20(18,19)17-5-1-2-8-3-4-9(15)6-10(8)17/h3-4,6,16H,1-2,5,7,15H2. The number of nitrogen functional groups attached to an aromatic ring is 1. The number of fused-ring (bicyclic) bond motifs is 1. The van der Waals surface area contributed by atoms with Crippen LogP contribution in [0.5, 0.6) is 0 Å². The first-order valence-corrected chi connectivity index (χ1v) is 7.35. The fourth-order valence-corrected chi connectivity index (χ4v) is 3.36. The van der Waals surface area contributed by atoms with Gasteiger partial charge in [0.1, 0.15) is 6.54 Å². The highest BCUT2D eigenvalue weighted by molar-refractivity contribution is 7.90. The summed E-state index contributed by atoms with van der Waals surface area (Å²) in [5.41, 5.74) is 7.06. The highest BCUT2D eigenvalue weighted by atomic mass is 32.2. The molecule has 20 heavy (non-hydrogen) atoms. The van der Waals surface area contributed by atoms with Crippen molar-refractivity contribution in [1.82, 2.24) is 4.72 Å². The summed E-state index contributed by atoms with van der Waals surface area (Å²) < 4.78 is 62.9. The molecule has 0 atom stereocenters. The minimum Gasteiger partial charge on any atom is -0.399 e. The lowest BCUT2D eigenvalue weighted by Crippen LogP contribution is -2.46. The Bertz CT molecular complexity index is 601. The molecule has 1 aromatic carbocycles. The number of rotatable bonds is 3. The van der Waals surface area contributed by atoms with E-state index in [9.17, 15) is 21.6 Å². The lowest BCUT2D eigenvalue weighted by atomic mass is 10.0. The van der Waals surface area contributed by atoms with Gasteiger partial charge >= 0.3 is 16.4 Å². The van der Waals surface area contributed by atoms with E-state index in [-0.39, 0.29) is 6.54 Å². The molecule has 0 amide bonds. The van der Waals surface area contributed by atoms with Crippen LogP contribution in [-0.4, -0.2) is 27.7 Å². The lowest BCUT2D eigenvalue weighted by molar-refractivity contribution is -0.121. The van der Waals surface area contributed by atoms with E-state index in [0.29, 0.717) is 24.2 Å². The molecule has 1 aliphatic heterocycles. The van der Waals surface area contributed by atoms with E-state index in [1.807, 2.05) is 0 Å². The number of hydrogen-bond donors (Lipinski definition) is 2. The highest BCUT2D eigenvalue weighted by Gasteiger charge is 2.33. The van der Waals surface area contributed by atoms with Crippen LogP contribution in [0.4, 0.5) is 24.5 Å². The third-order valence-corrected chi connectivity index (χ3v) is 4.40. The van der Waals surface area contributed by atoms with E-state index in [0.717, 1.165) is 9.87 Å². The largest absolute Gasteiger partial charge is 0.402 e. The molecule has 3 N–H and O–H groups in total. The maximum absolute atomic E-state index is 12.1. The Labute approximate surface area is 114 Å². The normalized spacial score (nSPS) is 16.1. The van der Waals surface area contributed by atoms with Crippen LogP contribution in [0.2, 0.25) is 0 Å². The number of alkyl halides is 3. The summed E-state index contributed by atoms with van der Waals surface area (Å²) in [5.74, 6) is 0. The van der Waals surface area contributed by atoms with Crippen LogP contribution in [0.25, 0.3) is 0 Å². The number of nitrogens with two attached hydrogens (primary N) is 1. The first-order chi connectivity index (χ1) is 9.19. The van der Waals surface area contributed by atoms with Crippen LogP contribution in [-0.2, 0) is 16.6 Å². The molecule has 0 saturated heterocycles. The Kier molecular flexibility index (Phi) is 3.83. The second kappa shape index (κ2) is 5.13. The Balaban J connectivity index is 2.28. The Morgan fingerprint density at radius 3 is 2.70 bits per heavy atom. The molecule has 1 aromatic rings. The summed E-state index contributed by atoms with van der Waals surface area (Å²) in [4.78, 5) is 0. The van der Waals surface area contributed by atoms with Gasteiger partial charge in [-0.15, -0.1) is 0 Å². The van der Waals surface area contributed by atoms with Gasteiger partial charge in [0.2, 0.25) is 0 Å². The van der Waals surface area contributed by atoms with Crippen molar-refractivity contribution < 1.29 is 21.6 Å². The smallest absolute Gasteiger partial charge is 0.399 e. The summed E-state index contributed by atoms with van der Waals surface area (Å²) >= 11 is 0. The number of aryl methyl sites for hydroxylation is 1. The Morgan fingerprint density at radius 1 is 1.35 bits per heavy atom. The topological polar surface area (TPSA) is 75.4 Å². The zero-order chi connectivity index (χ0) is 15.0. The number of halogens is 3. The van der Waals surface area contributed by atoms with Crippen LogP contribution >= 0.6 is 0 Å². The first-order valence-electron chi connectivity index (χ1n) is 5.91. The summed E-state index contributed by atoms with van der Waals surface area (Å²) in [6.45, 7) is -1.47. The SMILES string of the molecule is Nc1ccc2c(c1)N(S(=O)(=O)NCC(F)(F)F)CCC2.